The highest BCUT2D eigenvalue weighted by atomic mass is 16.5. The monoisotopic (exact) mass is 266 g/mol. The summed E-state index contributed by atoms with van der Waals surface area (Å²) < 4.78 is 9.26. The number of hydrogen-bond acceptors (Lipinski definition) is 5. The van der Waals surface area contributed by atoms with Gasteiger partial charge in [-0.1, -0.05) is 0 Å². The summed E-state index contributed by atoms with van der Waals surface area (Å²) in [4.78, 5) is 15.5. The molecule has 1 aliphatic heterocycles. The molecule has 0 saturated heterocycles. The smallest absolute Gasteiger partial charge is 0.131 e. The number of aldehydes is 1. The van der Waals surface area contributed by atoms with E-state index in [9.17, 15) is 4.79 Å². The summed E-state index contributed by atoms with van der Waals surface area (Å²) >= 11 is 0. The van der Waals surface area contributed by atoms with Crippen molar-refractivity contribution in [3.8, 4) is 0 Å². The number of fused-ring (bicyclic) bond motifs is 1. The number of aryl methyl sites for hydroxylation is 1. The molecule has 0 bridgehead atoms. The van der Waals surface area contributed by atoms with Crippen LogP contribution in [0.2, 0.25) is 0 Å². The Kier molecular flexibility index (Phi) is 7.07. The number of anilines is 1. The maximum atomic E-state index is 10.9. The van der Waals surface area contributed by atoms with Gasteiger partial charge in [0, 0.05) is 27.9 Å². The van der Waals surface area contributed by atoms with Gasteiger partial charge in [-0.15, -0.1) is 0 Å². The highest BCUT2D eigenvalue weighted by Crippen LogP contribution is 2.22. The lowest BCUT2D eigenvalue weighted by Crippen LogP contribution is -2.16. The predicted octanol–water partition coefficient (Wildman–Crippen LogP) is 1.63. The molecule has 0 amide bonds. The van der Waals surface area contributed by atoms with E-state index in [4.69, 9.17) is 4.74 Å². The van der Waals surface area contributed by atoms with Crippen molar-refractivity contribution in [2.75, 3.05) is 39.8 Å². The molecule has 5 heteroatoms. The molecule has 106 valence electrons. The van der Waals surface area contributed by atoms with Gasteiger partial charge < -0.3 is 19.6 Å². The molecule has 1 unspecified atom stereocenters. The fraction of sp³-hybridized carbons (Fsp3) is 0.571. The van der Waals surface area contributed by atoms with E-state index in [-0.39, 0.29) is 5.92 Å². The number of aromatic nitrogens is 1. The van der Waals surface area contributed by atoms with Crippen LogP contribution >= 0.6 is 0 Å². The highest BCUT2D eigenvalue weighted by Gasteiger charge is 2.15. The van der Waals surface area contributed by atoms with Crippen LogP contribution < -0.4 is 5.32 Å². The molecule has 0 radical (unpaired) electrons. The Labute approximate surface area is 114 Å². The standard InChI is InChI=1S/C12H16N2O2.C2H6O/c1-16-8-9(7-15)10-4-5-11-12(14-10)3-2-6-13-11;1-3-2/h4-5,7,9,13H,2-3,6,8H2,1H3;1-2H3. The number of rotatable bonds is 4. The van der Waals surface area contributed by atoms with Crippen LogP contribution in [0.3, 0.4) is 0 Å². The minimum Gasteiger partial charge on any atom is -0.388 e. The summed E-state index contributed by atoms with van der Waals surface area (Å²) in [6, 6.07) is 3.90. The van der Waals surface area contributed by atoms with Crippen LogP contribution in [-0.4, -0.2) is 45.8 Å². The topological polar surface area (TPSA) is 60.5 Å². The van der Waals surface area contributed by atoms with Crippen molar-refractivity contribution in [2.45, 2.75) is 18.8 Å². The van der Waals surface area contributed by atoms with Gasteiger partial charge in [0.1, 0.15) is 6.29 Å². The molecule has 0 aliphatic carbocycles. The van der Waals surface area contributed by atoms with Gasteiger partial charge in [-0.25, -0.2) is 0 Å². The molecule has 1 aromatic rings. The SMILES string of the molecule is COC.COCC(C=O)c1ccc2c(n1)CCCN2. The average molecular weight is 266 g/mol. The molecule has 0 fully saturated rings. The lowest BCUT2D eigenvalue weighted by Gasteiger charge is -2.18. The molecular formula is C14H22N2O3. The van der Waals surface area contributed by atoms with E-state index in [1.165, 1.54) is 0 Å². The number of carbonyl (C=O) groups is 1. The van der Waals surface area contributed by atoms with Gasteiger partial charge in [0.2, 0.25) is 0 Å². The van der Waals surface area contributed by atoms with Gasteiger partial charge in [0.05, 0.1) is 29.6 Å². The highest BCUT2D eigenvalue weighted by molar-refractivity contribution is 5.62. The lowest BCUT2D eigenvalue weighted by atomic mass is 10.0. The van der Waals surface area contributed by atoms with Crippen molar-refractivity contribution in [2.24, 2.45) is 0 Å². The molecule has 0 saturated carbocycles. The Morgan fingerprint density at radius 3 is 2.79 bits per heavy atom. The normalized spacial score (nSPS) is 14.5. The van der Waals surface area contributed by atoms with E-state index >= 15 is 0 Å². The number of nitrogens with zero attached hydrogens (tertiary/aromatic N) is 1. The lowest BCUT2D eigenvalue weighted by molar-refractivity contribution is -0.110. The second kappa shape index (κ2) is 8.61. The molecular weight excluding hydrogens is 244 g/mol. The molecule has 1 aromatic heterocycles. The Morgan fingerprint density at radius 1 is 1.42 bits per heavy atom. The van der Waals surface area contributed by atoms with Gasteiger partial charge in [0.25, 0.3) is 0 Å². The number of nitrogens with one attached hydrogen (secondary N) is 1. The van der Waals surface area contributed by atoms with Crippen LogP contribution in [0.4, 0.5) is 5.69 Å². The number of pyridine rings is 1. The number of hydrogen-bond donors (Lipinski definition) is 1. The van der Waals surface area contributed by atoms with Crippen molar-refractivity contribution < 1.29 is 14.3 Å². The second-order valence-corrected chi connectivity index (χ2v) is 4.37. The van der Waals surface area contributed by atoms with Crippen LogP contribution in [0.25, 0.3) is 0 Å². The summed E-state index contributed by atoms with van der Waals surface area (Å²) in [6.07, 6.45) is 2.97. The first kappa shape index (κ1) is 15.6. The predicted molar refractivity (Wildman–Crippen MR) is 74.7 cm³/mol. The van der Waals surface area contributed by atoms with Crippen LogP contribution in [0.5, 0.6) is 0 Å². The van der Waals surface area contributed by atoms with Gasteiger partial charge in [0.15, 0.2) is 0 Å². The first-order valence-electron chi connectivity index (χ1n) is 6.34. The third-order valence-corrected chi connectivity index (χ3v) is 2.79. The summed E-state index contributed by atoms with van der Waals surface area (Å²) in [5.41, 5.74) is 2.96. The van der Waals surface area contributed by atoms with Crippen molar-refractivity contribution in [3.63, 3.8) is 0 Å². The Morgan fingerprint density at radius 2 is 2.16 bits per heavy atom. The summed E-state index contributed by atoms with van der Waals surface area (Å²) in [7, 11) is 4.84. The van der Waals surface area contributed by atoms with Gasteiger partial charge >= 0.3 is 0 Å². The van der Waals surface area contributed by atoms with E-state index in [2.05, 4.69) is 15.0 Å². The second-order valence-electron chi connectivity index (χ2n) is 4.37. The van der Waals surface area contributed by atoms with Crippen molar-refractivity contribution in [1.29, 1.82) is 0 Å². The molecule has 1 aliphatic rings. The molecule has 0 aromatic carbocycles. The van der Waals surface area contributed by atoms with Crippen molar-refractivity contribution >= 4 is 12.0 Å². The zero-order chi connectivity index (χ0) is 14.1. The van der Waals surface area contributed by atoms with Gasteiger partial charge in [-0.05, 0) is 25.0 Å². The fourth-order valence-electron chi connectivity index (χ4n) is 1.93. The molecule has 1 N–H and O–H groups in total. The minimum atomic E-state index is -0.253. The van der Waals surface area contributed by atoms with Crippen molar-refractivity contribution in [3.05, 3.63) is 23.5 Å². The van der Waals surface area contributed by atoms with E-state index in [1.807, 2.05) is 12.1 Å². The van der Waals surface area contributed by atoms with Crippen LogP contribution in [-0.2, 0) is 20.7 Å². The fourth-order valence-corrected chi connectivity index (χ4v) is 1.93. The molecule has 0 spiro atoms. The molecule has 5 nitrogen and oxygen atoms in total. The first-order chi connectivity index (χ1) is 9.26. The third kappa shape index (κ3) is 4.61. The molecule has 2 rings (SSSR count). The van der Waals surface area contributed by atoms with Crippen LogP contribution in [0, 0.1) is 0 Å². The summed E-state index contributed by atoms with van der Waals surface area (Å²) in [5.74, 6) is -0.253. The Balaban J connectivity index is 0.000000550. The van der Waals surface area contributed by atoms with E-state index in [0.717, 1.165) is 42.7 Å². The number of ether oxygens (including phenoxy) is 2. The van der Waals surface area contributed by atoms with Crippen LogP contribution in [0.15, 0.2) is 12.1 Å². The Bertz CT molecular complexity index is 396. The van der Waals surface area contributed by atoms with E-state index in [0.29, 0.717) is 6.61 Å². The van der Waals surface area contributed by atoms with E-state index < -0.39 is 0 Å². The summed E-state index contributed by atoms with van der Waals surface area (Å²) in [6.45, 7) is 1.39. The average Bonchev–Trinajstić information content (AvgIpc) is 2.45. The minimum absolute atomic E-state index is 0.253. The molecule has 19 heavy (non-hydrogen) atoms. The molecule has 1 atom stereocenters. The van der Waals surface area contributed by atoms with Crippen molar-refractivity contribution in [1.82, 2.24) is 4.98 Å². The summed E-state index contributed by atoms with van der Waals surface area (Å²) in [5, 5.41) is 3.30. The first-order valence-corrected chi connectivity index (χ1v) is 6.34. The number of methoxy groups -OCH3 is 2. The van der Waals surface area contributed by atoms with Gasteiger partial charge in [-0.3, -0.25) is 4.98 Å². The number of carbonyl (C=O) groups excluding carboxylic acids is 1. The van der Waals surface area contributed by atoms with Crippen LogP contribution in [0.1, 0.15) is 23.7 Å². The Hall–Kier alpha value is -1.46. The molecule has 2 heterocycles. The zero-order valence-electron chi connectivity index (χ0n) is 11.8. The maximum absolute atomic E-state index is 10.9. The zero-order valence-corrected chi connectivity index (χ0v) is 11.8. The largest absolute Gasteiger partial charge is 0.388 e. The quantitative estimate of drug-likeness (QED) is 0.839. The third-order valence-electron chi connectivity index (χ3n) is 2.79. The maximum Gasteiger partial charge on any atom is 0.131 e. The van der Waals surface area contributed by atoms with E-state index in [1.54, 1.807) is 21.3 Å². The van der Waals surface area contributed by atoms with Gasteiger partial charge in [-0.2, -0.15) is 0 Å².